The zero-order valence-electron chi connectivity index (χ0n) is 27.1. The number of para-hydroxylation sites is 1. The Hall–Kier alpha value is -4.44. The third-order valence-corrected chi connectivity index (χ3v) is 10.2. The predicted molar refractivity (Wildman–Crippen MR) is 170 cm³/mol. The fraction of sp³-hybridized carbons (Fsp3) is 0.444. The number of aromatic nitrogens is 2. The SMILES string of the molecule is CCC(O)(CC)C(=O)CC1Cc2ccc3c(c2)C2(c4ccccc4N[C@H]2O3)c2oc(nc2-c2nc(C)c(C)o2)[C@H](C(C)C)NC1=O. The van der Waals surface area contributed by atoms with E-state index >= 15 is 0 Å². The number of oxazole rings is 2. The smallest absolute Gasteiger partial charge is 0.249 e. The number of anilines is 1. The lowest BCUT2D eigenvalue weighted by Gasteiger charge is -2.29. The molecule has 0 saturated carbocycles. The zero-order valence-corrected chi connectivity index (χ0v) is 27.1. The lowest BCUT2D eigenvalue weighted by atomic mass is 9.72. The van der Waals surface area contributed by atoms with Gasteiger partial charge in [-0.1, -0.05) is 58.0 Å². The van der Waals surface area contributed by atoms with Crippen LogP contribution in [-0.4, -0.2) is 38.6 Å². The average molecular weight is 625 g/mol. The summed E-state index contributed by atoms with van der Waals surface area (Å²) in [5.41, 5.74) is 2.34. The number of carbonyl (C=O) groups excluding carboxylic acids is 2. The second kappa shape index (κ2) is 10.8. The number of nitrogens with one attached hydrogen (secondary N) is 2. The van der Waals surface area contributed by atoms with Crippen LogP contribution in [0.15, 0.2) is 51.3 Å². The summed E-state index contributed by atoms with van der Waals surface area (Å²) in [4.78, 5) is 37.4. The van der Waals surface area contributed by atoms with Gasteiger partial charge in [0.05, 0.1) is 5.69 Å². The van der Waals surface area contributed by atoms with Gasteiger partial charge in [-0.05, 0) is 62.3 Å². The maximum atomic E-state index is 14.1. The van der Waals surface area contributed by atoms with Crippen LogP contribution in [0.1, 0.15) is 92.8 Å². The number of hydrogen-bond donors (Lipinski definition) is 3. The van der Waals surface area contributed by atoms with Crippen LogP contribution < -0.4 is 15.4 Å². The number of amides is 1. The highest BCUT2D eigenvalue weighted by Gasteiger charge is 2.61. The lowest BCUT2D eigenvalue weighted by molar-refractivity contribution is -0.141. The molecule has 4 bridgehead atoms. The van der Waals surface area contributed by atoms with Crippen molar-refractivity contribution in [3.05, 3.63) is 82.3 Å². The van der Waals surface area contributed by atoms with Crippen LogP contribution in [0.2, 0.25) is 0 Å². The number of fused-ring (bicyclic) bond motifs is 4. The van der Waals surface area contributed by atoms with Crippen molar-refractivity contribution in [3.8, 4) is 17.3 Å². The monoisotopic (exact) mass is 624 g/mol. The minimum Gasteiger partial charge on any atom is -0.469 e. The molecule has 4 aromatic rings. The fourth-order valence-electron chi connectivity index (χ4n) is 7.19. The molecule has 0 saturated heterocycles. The molecule has 7 rings (SSSR count). The number of aryl methyl sites for hydroxylation is 2. The third-order valence-electron chi connectivity index (χ3n) is 10.2. The van der Waals surface area contributed by atoms with Gasteiger partial charge in [-0.15, -0.1) is 0 Å². The molecule has 0 aliphatic carbocycles. The van der Waals surface area contributed by atoms with Gasteiger partial charge in [-0.2, -0.15) is 0 Å². The first-order chi connectivity index (χ1) is 22.0. The number of ketones is 1. The molecule has 3 aliphatic rings. The van der Waals surface area contributed by atoms with Crippen LogP contribution in [-0.2, 0) is 21.4 Å². The van der Waals surface area contributed by atoms with Crippen molar-refractivity contribution in [2.75, 3.05) is 5.32 Å². The van der Waals surface area contributed by atoms with Crippen molar-refractivity contribution < 1.29 is 28.3 Å². The van der Waals surface area contributed by atoms with E-state index in [-0.39, 0.29) is 36.9 Å². The summed E-state index contributed by atoms with van der Waals surface area (Å²) in [7, 11) is 0. The second-order valence-corrected chi connectivity index (χ2v) is 13.2. The van der Waals surface area contributed by atoms with E-state index in [1.54, 1.807) is 13.8 Å². The van der Waals surface area contributed by atoms with Crippen LogP contribution in [0.5, 0.6) is 5.75 Å². The van der Waals surface area contributed by atoms with Gasteiger partial charge in [-0.25, -0.2) is 9.97 Å². The Bertz CT molecular complexity index is 1830. The molecule has 3 aliphatic heterocycles. The minimum absolute atomic E-state index is 0.0997. The molecule has 0 radical (unpaired) electrons. The van der Waals surface area contributed by atoms with Crippen LogP contribution >= 0.6 is 0 Å². The van der Waals surface area contributed by atoms with Gasteiger partial charge in [0.2, 0.25) is 17.7 Å². The van der Waals surface area contributed by atoms with E-state index in [1.165, 1.54) is 0 Å². The number of Topliss-reactive ketones (excluding diaryl/α,β-unsaturated/α-hetero) is 1. The van der Waals surface area contributed by atoms with Crippen LogP contribution in [0, 0.1) is 25.7 Å². The highest BCUT2D eigenvalue weighted by molar-refractivity contribution is 5.92. The summed E-state index contributed by atoms with van der Waals surface area (Å²) < 4.78 is 19.6. The van der Waals surface area contributed by atoms with Crippen molar-refractivity contribution in [1.29, 1.82) is 0 Å². The highest BCUT2D eigenvalue weighted by Crippen LogP contribution is 2.59. The summed E-state index contributed by atoms with van der Waals surface area (Å²) in [5.74, 6) is 1.03. The van der Waals surface area contributed by atoms with Crippen LogP contribution in [0.3, 0.4) is 0 Å². The van der Waals surface area contributed by atoms with Crippen molar-refractivity contribution >= 4 is 17.4 Å². The first-order valence-electron chi connectivity index (χ1n) is 16.2. The molecular weight excluding hydrogens is 584 g/mol. The standard InChI is InChI=1S/C36H40N4O6/c1-7-35(43,8-2)27(41)17-22-15-21-13-14-26-24(16-21)36(23-11-9-10-12-25(23)38-34(36)45-26)30-29(33-37-19(5)20(6)44-33)40-32(46-30)28(18(3)4)39-31(22)42/h9-14,16,18,22,28,34,38,43H,7-8,15,17H2,1-6H3,(H,39,42)/t22?,28-,34-,36?/m0/s1. The summed E-state index contributed by atoms with van der Waals surface area (Å²) >= 11 is 0. The van der Waals surface area contributed by atoms with Crippen LogP contribution in [0.25, 0.3) is 11.6 Å². The Labute approximate surface area is 268 Å². The maximum absolute atomic E-state index is 14.1. The molecule has 4 atom stereocenters. The topological polar surface area (TPSA) is 140 Å². The Morgan fingerprint density at radius 1 is 1.07 bits per heavy atom. The van der Waals surface area contributed by atoms with Gasteiger partial charge < -0.3 is 29.3 Å². The number of hydrogen-bond acceptors (Lipinski definition) is 9. The highest BCUT2D eigenvalue weighted by atomic mass is 16.5. The molecule has 46 heavy (non-hydrogen) atoms. The van der Waals surface area contributed by atoms with E-state index in [9.17, 15) is 14.7 Å². The molecular formula is C36H40N4O6. The summed E-state index contributed by atoms with van der Waals surface area (Å²) in [5, 5.41) is 17.8. The summed E-state index contributed by atoms with van der Waals surface area (Å²) in [6.45, 7) is 11.3. The number of carbonyl (C=O) groups is 2. The lowest BCUT2D eigenvalue weighted by Crippen LogP contribution is -2.43. The normalized spacial score (nSPS) is 23.1. The van der Waals surface area contributed by atoms with E-state index in [4.69, 9.17) is 23.5 Å². The number of ether oxygens (including phenoxy) is 1. The molecule has 0 fully saturated rings. The first kappa shape index (κ1) is 30.2. The fourth-order valence-corrected chi connectivity index (χ4v) is 7.19. The largest absolute Gasteiger partial charge is 0.469 e. The van der Waals surface area contributed by atoms with Gasteiger partial charge >= 0.3 is 0 Å². The van der Waals surface area contributed by atoms with E-state index < -0.39 is 29.2 Å². The van der Waals surface area contributed by atoms with Crippen molar-refractivity contribution in [1.82, 2.24) is 15.3 Å². The number of benzene rings is 2. The van der Waals surface area contributed by atoms with Gasteiger partial charge in [0.1, 0.15) is 28.6 Å². The molecule has 5 heterocycles. The molecule has 10 heteroatoms. The van der Waals surface area contributed by atoms with E-state index in [2.05, 4.69) is 22.8 Å². The van der Waals surface area contributed by atoms with E-state index in [0.717, 1.165) is 28.1 Å². The molecule has 2 aromatic carbocycles. The summed E-state index contributed by atoms with van der Waals surface area (Å²) in [6.07, 6.45) is 0.200. The van der Waals surface area contributed by atoms with Crippen molar-refractivity contribution in [2.45, 2.75) is 90.5 Å². The zero-order chi connectivity index (χ0) is 32.5. The van der Waals surface area contributed by atoms with E-state index in [0.29, 0.717) is 41.2 Å². The van der Waals surface area contributed by atoms with Crippen molar-refractivity contribution in [2.24, 2.45) is 11.8 Å². The van der Waals surface area contributed by atoms with Gasteiger partial charge in [0, 0.05) is 23.6 Å². The Balaban J connectivity index is 1.48. The Kier molecular flexibility index (Phi) is 7.12. The third kappa shape index (κ3) is 4.40. The summed E-state index contributed by atoms with van der Waals surface area (Å²) in [6, 6.07) is 13.3. The molecule has 1 spiro atoms. The molecule has 1 amide bonds. The number of rotatable bonds is 7. The van der Waals surface area contributed by atoms with Gasteiger partial charge in [0.25, 0.3) is 0 Å². The van der Waals surface area contributed by atoms with Gasteiger partial charge in [0.15, 0.2) is 23.5 Å². The maximum Gasteiger partial charge on any atom is 0.249 e. The first-order valence-corrected chi connectivity index (χ1v) is 16.2. The molecule has 2 unspecified atom stereocenters. The Morgan fingerprint density at radius 2 is 1.83 bits per heavy atom. The number of nitrogens with zero attached hydrogens (tertiary/aromatic N) is 2. The Morgan fingerprint density at radius 3 is 2.52 bits per heavy atom. The molecule has 2 aromatic heterocycles. The quantitative estimate of drug-likeness (QED) is 0.229. The van der Waals surface area contributed by atoms with Crippen molar-refractivity contribution in [3.63, 3.8) is 0 Å². The minimum atomic E-state index is -1.48. The van der Waals surface area contributed by atoms with Crippen LogP contribution in [0.4, 0.5) is 5.69 Å². The average Bonchev–Trinajstić information content (AvgIpc) is 3.78. The number of aliphatic hydroxyl groups is 1. The molecule has 240 valence electrons. The molecule has 3 N–H and O–H groups in total. The van der Waals surface area contributed by atoms with Gasteiger partial charge in [-0.3, -0.25) is 9.59 Å². The predicted octanol–water partition coefficient (Wildman–Crippen LogP) is 5.92. The molecule has 10 nitrogen and oxygen atoms in total. The second-order valence-electron chi connectivity index (χ2n) is 13.2. The van der Waals surface area contributed by atoms with E-state index in [1.807, 2.05) is 58.0 Å².